The zero-order valence-electron chi connectivity index (χ0n) is 17.3. The van der Waals surface area contributed by atoms with Crippen molar-refractivity contribution in [2.45, 2.75) is 13.8 Å². The molecule has 162 valence electrons. The van der Waals surface area contributed by atoms with Gasteiger partial charge in [-0.25, -0.2) is 4.79 Å². The van der Waals surface area contributed by atoms with Gasteiger partial charge in [-0.2, -0.15) is 0 Å². The molecule has 1 aliphatic heterocycles. The summed E-state index contributed by atoms with van der Waals surface area (Å²) in [7, 11) is 0. The molecular formula is C24H18ClNO4S2. The Morgan fingerprint density at radius 1 is 1.22 bits per heavy atom. The van der Waals surface area contributed by atoms with Gasteiger partial charge in [-0.15, -0.1) is 0 Å². The summed E-state index contributed by atoms with van der Waals surface area (Å²) in [5.74, 6) is 0.347. The highest BCUT2D eigenvalue weighted by molar-refractivity contribution is 8.27. The van der Waals surface area contributed by atoms with E-state index in [1.807, 2.05) is 31.2 Å². The van der Waals surface area contributed by atoms with Crippen molar-refractivity contribution in [1.82, 2.24) is 0 Å². The average Bonchev–Trinajstić information content (AvgIpc) is 3.34. The van der Waals surface area contributed by atoms with Crippen molar-refractivity contribution in [3.63, 3.8) is 0 Å². The summed E-state index contributed by atoms with van der Waals surface area (Å²) < 4.78 is 11.4. The van der Waals surface area contributed by atoms with Gasteiger partial charge in [-0.1, -0.05) is 53.8 Å². The van der Waals surface area contributed by atoms with Crippen LogP contribution >= 0.6 is 35.6 Å². The number of anilines is 1. The Morgan fingerprint density at radius 3 is 2.75 bits per heavy atom. The van der Waals surface area contributed by atoms with E-state index in [0.29, 0.717) is 31.3 Å². The second-order valence-electron chi connectivity index (χ2n) is 6.92. The minimum absolute atomic E-state index is 0.191. The molecule has 0 radical (unpaired) electrons. The number of carbonyl (C=O) groups is 2. The number of halogens is 1. The van der Waals surface area contributed by atoms with Crippen LogP contribution in [0.25, 0.3) is 17.4 Å². The van der Waals surface area contributed by atoms with Crippen LogP contribution in [0.1, 0.15) is 28.6 Å². The van der Waals surface area contributed by atoms with Gasteiger partial charge in [0.05, 0.1) is 27.8 Å². The molecule has 0 aliphatic carbocycles. The molecule has 1 aliphatic rings. The van der Waals surface area contributed by atoms with E-state index in [9.17, 15) is 9.59 Å². The molecule has 0 bridgehead atoms. The van der Waals surface area contributed by atoms with Gasteiger partial charge in [0.1, 0.15) is 11.5 Å². The summed E-state index contributed by atoms with van der Waals surface area (Å²) in [6, 6.07) is 16.1. The van der Waals surface area contributed by atoms with Crippen molar-refractivity contribution >= 4 is 63.5 Å². The van der Waals surface area contributed by atoms with Crippen LogP contribution in [0.3, 0.4) is 0 Å². The van der Waals surface area contributed by atoms with Gasteiger partial charge in [0, 0.05) is 11.6 Å². The molecule has 0 saturated carbocycles. The topological polar surface area (TPSA) is 59.8 Å². The molecule has 5 nitrogen and oxygen atoms in total. The van der Waals surface area contributed by atoms with Gasteiger partial charge >= 0.3 is 5.97 Å². The molecule has 8 heteroatoms. The Balaban J connectivity index is 1.61. The van der Waals surface area contributed by atoms with Crippen LogP contribution in [0, 0.1) is 6.92 Å². The van der Waals surface area contributed by atoms with E-state index in [1.165, 1.54) is 16.7 Å². The Bertz CT molecular complexity index is 1260. The summed E-state index contributed by atoms with van der Waals surface area (Å²) >= 11 is 12.8. The molecule has 3 aromatic rings. The number of para-hydroxylation sites is 1. The fourth-order valence-corrected chi connectivity index (χ4v) is 4.71. The number of rotatable bonds is 5. The summed E-state index contributed by atoms with van der Waals surface area (Å²) in [6.07, 6.45) is 1.67. The first-order chi connectivity index (χ1) is 15.4. The van der Waals surface area contributed by atoms with Gasteiger partial charge in [-0.05, 0) is 55.8 Å². The lowest BCUT2D eigenvalue weighted by molar-refractivity contribution is -0.113. The van der Waals surface area contributed by atoms with Gasteiger partial charge in [0.25, 0.3) is 5.91 Å². The normalized spacial score (nSPS) is 15.0. The number of hydrogen-bond acceptors (Lipinski definition) is 6. The molecule has 2 aromatic carbocycles. The summed E-state index contributed by atoms with van der Waals surface area (Å²) in [6.45, 7) is 3.92. The van der Waals surface area contributed by atoms with Crippen molar-refractivity contribution in [3.8, 4) is 11.3 Å². The lowest BCUT2D eigenvalue weighted by Gasteiger charge is -2.16. The molecule has 1 fully saturated rings. The van der Waals surface area contributed by atoms with E-state index in [1.54, 1.807) is 43.3 Å². The molecule has 32 heavy (non-hydrogen) atoms. The number of amides is 1. The molecule has 0 unspecified atom stereocenters. The average molecular weight is 484 g/mol. The number of carbonyl (C=O) groups excluding carboxylic acids is 2. The third kappa shape index (κ3) is 4.37. The van der Waals surface area contributed by atoms with E-state index in [2.05, 4.69) is 0 Å². The zero-order valence-corrected chi connectivity index (χ0v) is 19.6. The van der Waals surface area contributed by atoms with Crippen LogP contribution in [-0.4, -0.2) is 22.8 Å². The number of nitrogens with zero attached hydrogens (tertiary/aromatic N) is 1. The first kappa shape index (κ1) is 22.3. The second-order valence-corrected chi connectivity index (χ2v) is 9.00. The largest absolute Gasteiger partial charge is 0.462 e. The maximum atomic E-state index is 13.0. The Kier molecular flexibility index (Phi) is 6.50. The Morgan fingerprint density at radius 2 is 2.00 bits per heavy atom. The summed E-state index contributed by atoms with van der Waals surface area (Å²) in [5, 5.41) is 0.304. The highest BCUT2D eigenvalue weighted by Crippen LogP contribution is 2.38. The van der Waals surface area contributed by atoms with Gasteiger partial charge in [0.2, 0.25) is 0 Å². The van der Waals surface area contributed by atoms with Crippen molar-refractivity contribution in [2.75, 3.05) is 11.5 Å². The third-order valence-corrected chi connectivity index (χ3v) is 6.43. The SMILES string of the molecule is CCOC(=O)c1cc(-c2ccc(/C=C3/SC(=S)N(c4ccccc4C)C3=O)o2)ccc1Cl. The number of ether oxygens (including phenoxy) is 1. The lowest BCUT2D eigenvalue weighted by atomic mass is 10.1. The number of aryl methyl sites for hydroxylation is 1. The highest BCUT2D eigenvalue weighted by Gasteiger charge is 2.34. The minimum atomic E-state index is -0.494. The number of esters is 1. The molecular weight excluding hydrogens is 466 g/mol. The van der Waals surface area contributed by atoms with Gasteiger partial charge in [0.15, 0.2) is 4.32 Å². The molecule has 0 atom stereocenters. The molecule has 2 heterocycles. The smallest absolute Gasteiger partial charge is 0.339 e. The monoisotopic (exact) mass is 483 g/mol. The van der Waals surface area contributed by atoms with E-state index >= 15 is 0 Å². The van der Waals surface area contributed by atoms with Crippen molar-refractivity contribution < 1.29 is 18.7 Å². The molecule has 1 amide bonds. The molecule has 4 rings (SSSR count). The minimum Gasteiger partial charge on any atom is -0.462 e. The van der Waals surface area contributed by atoms with Crippen LogP contribution in [0.15, 0.2) is 63.9 Å². The zero-order chi connectivity index (χ0) is 22.8. The van der Waals surface area contributed by atoms with Crippen molar-refractivity contribution in [1.29, 1.82) is 0 Å². The second kappa shape index (κ2) is 9.32. The van der Waals surface area contributed by atoms with Gasteiger partial charge < -0.3 is 9.15 Å². The van der Waals surface area contributed by atoms with Crippen LogP contribution < -0.4 is 4.90 Å². The predicted molar refractivity (Wildman–Crippen MR) is 132 cm³/mol. The quantitative estimate of drug-likeness (QED) is 0.235. The van der Waals surface area contributed by atoms with E-state index in [0.717, 1.165) is 11.3 Å². The number of benzene rings is 2. The van der Waals surface area contributed by atoms with E-state index in [4.69, 9.17) is 33.0 Å². The number of hydrogen-bond donors (Lipinski definition) is 0. The summed E-state index contributed by atoms with van der Waals surface area (Å²) in [5.41, 5.74) is 2.67. The van der Waals surface area contributed by atoms with Crippen LogP contribution in [-0.2, 0) is 9.53 Å². The first-order valence-electron chi connectivity index (χ1n) is 9.79. The number of thiocarbonyl (C=S) groups is 1. The van der Waals surface area contributed by atoms with Crippen LogP contribution in [0.4, 0.5) is 5.69 Å². The molecule has 1 saturated heterocycles. The lowest BCUT2D eigenvalue weighted by Crippen LogP contribution is -2.28. The fourth-order valence-electron chi connectivity index (χ4n) is 3.25. The van der Waals surface area contributed by atoms with Crippen LogP contribution in [0.5, 0.6) is 0 Å². The maximum absolute atomic E-state index is 13.0. The number of furan rings is 1. The number of thioether (sulfide) groups is 1. The molecule has 1 aromatic heterocycles. The molecule has 0 spiro atoms. The van der Waals surface area contributed by atoms with Crippen molar-refractivity contribution in [2.24, 2.45) is 0 Å². The fraction of sp³-hybridized carbons (Fsp3) is 0.125. The Hall–Kier alpha value is -2.87. The maximum Gasteiger partial charge on any atom is 0.339 e. The predicted octanol–water partition coefficient (Wildman–Crippen LogP) is 6.49. The Labute approximate surface area is 200 Å². The third-order valence-electron chi connectivity index (χ3n) is 4.80. The standard InChI is InChI=1S/C24H18ClNO4S2/c1-3-29-23(28)17-12-15(8-10-18(17)25)20-11-9-16(30-20)13-21-22(27)26(24(31)32-21)19-7-5-4-6-14(19)2/h4-13H,3H2,1-2H3/b21-13+. The van der Waals surface area contributed by atoms with E-state index in [-0.39, 0.29) is 18.1 Å². The first-order valence-corrected chi connectivity index (χ1v) is 11.4. The van der Waals surface area contributed by atoms with Crippen LogP contribution in [0.2, 0.25) is 5.02 Å². The summed E-state index contributed by atoms with van der Waals surface area (Å²) in [4.78, 5) is 27.1. The van der Waals surface area contributed by atoms with E-state index < -0.39 is 5.97 Å². The molecule has 0 N–H and O–H groups in total. The van der Waals surface area contributed by atoms with Crippen molar-refractivity contribution in [3.05, 3.63) is 81.4 Å². The highest BCUT2D eigenvalue weighted by atomic mass is 35.5. The van der Waals surface area contributed by atoms with Gasteiger partial charge in [-0.3, -0.25) is 9.69 Å².